The highest BCUT2D eigenvalue weighted by Gasteiger charge is 2.40. The molecule has 1 saturated heterocycles. The van der Waals surface area contributed by atoms with Crippen molar-refractivity contribution in [3.05, 3.63) is 21.4 Å². The van der Waals surface area contributed by atoms with Crippen molar-refractivity contribution in [2.75, 3.05) is 13.1 Å². The lowest BCUT2D eigenvalue weighted by Gasteiger charge is -2.35. The van der Waals surface area contributed by atoms with Crippen LogP contribution in [0.2, 0.25) is 0 Å². The van der Waals surface area contributed by atoms with Gasteiger partial charge in [0, 0.05) is 30.8 Å². The van der Waals surface area contributed by atoms with E-state index in [-0.39, 0.29) is 18.7 Å². The number of hydrogen-bond acceptors (Lipinski definition) is 4. The van der Waals surface area contributed by atoms with Crippen LogP contribution < -0.4 is 0 Å². The number of fused-ring (bicyclic) bond motifs is 1. The Labute approximate surface area is 146 Å². The third-order valence-corrected chi connectivity index (χ3v) is 6.59. The van der Waals surface area contributed by atoms with Gasteiger partial charge in [0.2, 0.25) is 0 Å². The molecular weight excluding hydrogens is 326 g/mol. The van der Waals surface area contributed by atoms with Gasteiger partial charge in [0.25, 0.3) is 5.91 Å². The number of thiophene rings is 1. The van der Waals surface area contributed by atoms with Crippen molar-refractivity contribution in [3.8, 4) is 0 Å². The van der Waals surface area contributed by atoms with Gasteiger partial charge in [-0.05, 0) is 36.8 Å². The average Bonchev–Trinajstić information content (AvgIpc) is 2.98. The van der Waals surface area contributed by atoms with Gasteiger partial charge in [-0.2, -0.15) is 0 Å². The summed E-state index contributed by atoms with van der Waals surface area (Å²) in [7, 11) is 0. The number of amides is 1. The predicted molar refractivity (Wildman–Crippen MR) is 92.5 cm³/mol. The lowest BCUT2D eigenvalue weighted by Crippen LogP contribution is -2.50. The first-order valence-corrected chi connectivity index (χ1v) is 9.61. The van der Waals surface area contributed by atoms with Crippen LogP contribution >= 0.6 is 11.3 Å². The molecule has 1 aromatic rings. The standard InChI is InChI=1S/C18H25NO4S/c1-2-3-12-4-5-14-13(10-12)11-15(24-14)16(20)19-8-6-18(23,7-9-19)17(21)22/h11-12,23H,2-10H2,1H3,(H,21,22)/t12-/m1/s1. The second-order valence-corrected chi connectivity index (χ2v) is 8.22. The van der Waals surface area contributed by atoms with E-state index in [9.17, 15) is 14.7 Å². The van der Waals surface area contributed by atoms with Gasteiger partial charge >= 0.3 is 5.97 Å². The van der Waals surface area contributed by atoms with Crippen molar-refractivity contribution in [1.29, 1.82) is 0 Å². The fourth-order valence-corrected chi connectivity index (χ4v) is 4.98. The third-order valence-electron chi connectivity index (χ3n) is 5.37. The van der Waals surface area contributed by atoms with Gasteiger partial charge in [-0.1, -0.05) is 19.8 Å². The fraction of sp³-hybridized carbons (Fsp3) is 0.667. The van der Waals surface area contributed by atoms with Crippen molar-refractivity contribution in [1.82, 2.24) is 4.90 Å². The first kappa shape index (κ1) is 17.4. The molecule has 3 rings (SSSR count). The molecule has 1 aromatic heterocycles. The molecule has 0 spiro atoms. The number of piperidine rings is 1. The summed E-state index contributed by atoms with van der Waals surface area (Å²) in [5.74, 6) is -0.474. The second-order valence-electron chi connectivity index (χ2n) is 7.09. The molecule has 1 fully saturated rings. The summed E-state index contributed by atoms with van der Waals surface area (Å²) in [4.78, 5) is 27.6. The zero-order valence-corrected chi connectivity index (χ0v) is 14.9. The van der Waals surface area contributed by atoms with Crippen molar-refractivity contribution >= 4 is 23.2 Å². The maximum Gasteiger partial charge on any atom is 0.335 e. The molecule has 1 atom stereocenters. The van der Waals surface area contributed by atoms with Crippen LogP contribution in [0.5, 0.6) is 0 Å². The van der Waals surface area contributed by atoms with Crippen molar-refractivity contribution in [2.45, 2.75) is 57.5 Å². The van der Waals surface area contributed by atoms with Gasteiger partial charge in [-0.25, -0.2) is 4.79 Å². The monoisotopic (exact) mass is 351 g/mol. The zero-order valence-electron chi connectivity index (χ0n) is 14.1. The predicted octanol–water partition coefficient (Wildman–Crippen LogP) is 2.70. The van der Waals surface area contributed by atoms with Crippen LogP contribution in [0.1, 0.15) is 59.1 Å². The van der Waals surface area contributed by atoms with Crippen molar-refractivity contribution in [2.24, 2.45) is 5.92 Å². The zero-order chi connectivity index (χ0) is 17.3. The molecule has 2 N–H and O–H groups in total. The molecule has 0 bridgehead atoms. The maximum absolute atomic E-state index is 12.7. The number of carboxylic acid groups (broad SMARTS) is 1. The van der Waals surface area contributed by atoms with E-state index in [4.69, 9.17) is 5.11 Å². The Morgan fingerprint density at radius 1 is 1.38 bits per heavy atom. The Balaban J connectivity index is 1.66. The van der Waals surface area contributed by atoms with Crippen LogP contribution in [-0.4, -0.2) is 45.7 Å². The van der Waals surface area contributed by atoms with E-state index >= 15 is 0 Å². The molecule has 2 heterocycles. The molecule has 0 aromatic carbocycles. The molecule has 24 heavy (non-hydrogen) atoms. The number of nitrogens with zero attached hydrogens (tertiary/aromatic N) is 1. The minimum atomic E-state index is -1.68. The van der Waals surface area contributed by atoms with E-state index in [0.717, 1.165) is 23.6 Å². The quantitative estimate of drug-likeness (QED) is 0.874. The number of carbonyl (C=O) groups is 2. The van der Waals surface area contributed by atoms with Gasteiger partial charge in [-0.3, -0.25) is 4.79 Å². The first-order chi connectivity index (χ1) is 11.4. The topological polar surface area (TPSA) is 77.8 Å². The van der Waals surface area contributed by atoms with Gasteiger partial charge in [0.1, 0.15) is 0 Å². The molecule has 6 heteroatoms. The number of aryl methyl sites for hydroxylation is 1. The maximum atomic E-state index is 12.7. The van der Waals surface area contributed by atoms with Crippen molar-refractivity contribution < 1.29 is 19.8 Å². The van der Waals surface area contributed by atoms with Crippen LogP contribution in [0, 0.1) is 5.92 Å². The lowest BCUT2D eigenvalue weighted by molar-refractivity contribution is -0.162. The summed E-state index contributed by atoms with van der Waals surface area (Å²) in [6.45, 7) is 2.80. The number of aliphatic hydroxyl groups is 1. The number of carbonyl (C=O) groups excluding carboxylic acids is 1. The molecule has 0 saturated carbocycles. The molecule has 0 unspecified atom stereocenters. The molecule has 2 aliphatic rings. The summed E-state index contributed by atoms with van der Waals surface area (Å²) in [5.41, 5.74) is -0.356. The highest BCUT2D eigenvalue weighted by atomic mass is 32.1. The summed E-state index contributed by atoms with van der Waals surface area (Å²) >= 11 is 1.59. The number of likely N-dealkylation sites (tertiary alicyclic amines) is 1. The highest BCUT2D eigenvalue weighted by Crippen LogP contribution is 2.35. The molecule has 1 aliphatic carbocycles. The van der Waals surface area contributed by atoms with Crippen LogP contribution in [0.25, 0.3) is 0 Å². The number of carboxylic acids is 1. The van der Waals surface area contributed by atoms with E-state index in [1.54, 1.807) is 16.2 Å². The van der Waals surface area contributed by atoms with E-state index in [1.807, 2.05) is 6.07 Å². The Morgan fingerprint density at radius 3 is 2.71 bits per heavy atom. The number of rotatable bonds is 4. The third kappa shape index (κ3) is 3.35. The molecule has 5 nitrogen and oxygen atoms in total. The first-order valence-electron chi connectivity index (χ1n) is 8.79. The molecule has 0 radical (unpaired) electrons. The number of hydrogen-bond donors (Lipinski definition) is 2. The van der Waals surface area contributed by atoms with Crippen LogP contribution in [0.3, 0.4) is 0 Å². The highest BCUT2D eigenvalue weighted by molar-refractivity contribution is 7.14. The normalized spacial score (nSPS) is 22.9. The Kier molecular flexibility index (Phi) is 4.97. The largest absolute Gasteiger partial charge is 0.479 e. The Bertz CT molecular complexity index is 631. The van der Waals surface area contributed by atoms with Crippen LogP contribution in [0.4, 0.5) is 0 Å². The minimum Gasteiger partial charge on any atom is -0.479 e. The smallest absolute Gasteiger partial charge is 0.335 e. The summed E-state index contributed by atoms with van der Waals surface area (Å²) < 4.78 is 0. The van der Waals surface area contributed by atoms with E-state index in [2.05, 4.69) is 6.92 Å². The fourth-order valence-electron chi connectivity index (χ4n) is 3.81. The molecule has 1 aliphatic heterocycles. The Morgan fingerprint density at radius 2 is 2.08 bits per heavy atom. The molecule has 132 valence electrons. The molecular formula is C18H25NO4S. The minimum absolute atomic E-state index is 0.0196. The SMILES string of the molecule is CCC[C@@H]1CCc2sc(C(=O)N3CCC(O)(C(=O)O)CC3)cc2C1. The van der Waals surface area contributed by atoms with Gasteiger partial charge < -0.3 is 15.1 Å². The van der Waals surface area contributed by atoms with E-state index in [0.29, 0.717) is 13.1 Å². The van der Waals surface area contributed by atoms with Gasteiger partial charge in [0.15, 0.2) is 5.60 Å². The van der Waals surface area contributed by atoms with Crippen molar-refractivity contribution in [3.63, 3.8) is 0 Å². The van der Waals surface area contributed by atoms with Gasteiger partial charge in [-0.15, -0.1) is 11.3 Å². The lowest BCUT2D eigenvalue weighted by atomic mass is 9.85. The summed E-state index contributed by atoms with van der Waals surface area (Å²) in [6, 6.07) is 2.04. The van der Waals surface area contributed by atoms with E-state index < -0.39 is 11.6 Å². The summed E-state index contributed by atoms with van der Waals surface area (Å²) in [5, 5.41) is 19.1. The van der Waals surface area contributed by atoms with E-state index in [1.165, 1.54) is 29.7 Å². The van der Waals surface area contributed by atoms with Crippen LogP contribution in [-0.2, 0) is 17.6 Å². The average molecular weight is 351 g/mol. The van der Waals surface area contributed by atoms with Crippen LogP contribution in [0.15, 0.2) is 6.07 Å². The second kappa shape index (κ2) is 6.84. The van der Waals surface area contributed by atoms with Gasteiger partial charge in [0.05, 0.1) is 4.88 Å². The Hall–Kier alpha value is -1.40. The number of aliphatic carboxylic acids is 1. The molecule has 1 amide bonds. The summed E-state index contributed by atoms with van der Waals surface area (Å²) in [6.07, 6.45) is 6.00.